The van der Waals surface area contributed by atoms with Crippen molar-refractivity contribution >= 4 is 28.0 Å². The number of ether oxygens (including phenoxy) is 1. The standard InChI is InChI=1S/C26H29FN6O2/c1-31-24-20(11-18-19(29-24)8-9-32(26(18)34)14-17(28)12-27)30-25(31)21-10-16-4-3-5-22(35-2)23(16)33(21)13-15-6-7-15/h3-5,10-11,15,17H,6-9,12-14,28H2,1-2H3/t17-/m1/s1. The number of para-hydroxylation sites is 1. The van der Waals surface area contributed by atoms with Crippen LogP contribution in [-0.4, -0.2) is 62.8 Å². The third-order valence-electron chi connectivity index (χ3n) is 7.18. The highest BCUT2D eigenvalue weighted by atomic mass is 19.1. The molecule has 0 radical (unpaired) electrons. The molecule has 182 valence electrons. The Morgan fingerprint density at radius 1 is 1.26 bits per heavy atom. The number of aromatic nitrogens is 4. The molecule has 0 bridgehead atoms. The van der Waals surface area contributed by atoms with E-state index in [2.05, 4.69) is 16.7 Å². The van der Waals surface area contributed by atoms with Gasteiger partial charge < -0.3 is 24.5 Å². The summed E-state index contributed by atoms with van der Waals surface area (Å²) in [6, 6.07) is 9.40. The molecule has 1 atom stereocenters. The van der Waals surface area contributed by atoms with Crippen LogP contribution < -0.4 is 10.5 Å². The fourth-order valence-electron chi connectivity index (χ4n) is 5.16. The van der Waals surface area contributed by atoms with Crippen molar-refractivity contribution in [2.75, 3.05) is 26.9 Å². The molecule has 4 heterocycles. The number of methoxy groups -OCH3 is 1. The number of aryl methyl sites for hydroxylation is 1. The molecule has 1 aromatic carbocycles. The summed E-state index contributed by atoms with van der Waals surface area (Å²) in [5.41, 5.74) is 10.5. The van der Waals surface area contributed by atoms with E-state index in [4.69, 9.17) is 20.4 Å². The van der Waals surface area contributed by atoms with E-state index in [0.29, 0.717) is 30.0 Å². The Hall–Kier alpha value is -3.46. The molecule has 1 aliphatic carbocycles. The molecule has 2 N–H and O–H groups in total. The van der Waals surface area contributed by atoms with Crippen LogP contribution in [0.2, 0.25) is 0 Å². The van der Waals surface area contributed by atoms with Crippen molar-refractivity contribution in [3.8, 4) is 17.3 Å². The molecule has 0 spiro atoms. The van der Waals surface area contributed by atoms with Crippen LogP contribution in [-0.2, 0) is 20.0 Å². The van der Waals surface area contributed by atoms with Crippen LogP contribution in [0.4, 0.5) is 4.39 Å². The first-order chi connectivity index (χ1) is 17.0. The van der Waals surface area contributed by atoms with Gasteiger partial charge in [-0.3, -0.25) is 4.79 Å². The Balaban J connectivity index is 1.47. The average molecular weight is 477 g/mol. The van der Waals surface area contributed by atoms with Gasteiger partial charge in [0.05, 0.1) is 35.6 Å². The second-order valence-corrected chi connectivity index (χ2v) is 9.72. The molecule has 4 aromatic rings. The lowest BCUT2D eigenvalue weighted by Crippen LogP contribution is -2.45. The zero-order valence-corrected chi connectivity index (χ0v) is 20.0. The normalized spacial score (nSPS) is 16.8. The molecule has 6 rings (SSSR count). The van der Waals surface area contributed by atoms with Gasteiger partial charge in [0.15, 0.2) is 11.5 Å². The molecule has 1 aliphatic heterocycles. The van der Waals surface area contributed by atoms with Crippen LogP contribution in [0, 0.1) is 5.92 Å². The van der Waals surface area contributed by atoms with Crippen molar-refractivity contribution < 1.29 is 13.9 Å². The fraction of sp³-hybridized carbons (Fsp3) is 0.423. The number of nitrogens with zero attached hydrogens (tertiary/aromatic N) is 5. The lowest BCUT2D eigenvalue weighted by molar-refractivity contribution is 0.0723. The zero-order chi connectivity index (χ0) is 24.3. The Kier molecular flexibility index (Phi) is 5.25. The topological polar surface area (TPSA) is 91.2 Å². The first kappa shape index (κ1) is 22.0. The van der Waals surface area contributed by atoms with E-state index in [0.717, 1.165) is 46.1 Å². The van der Waals surface area contributed by atoms with E-state index < -0.39 is 12.7 Å². The van der Waals surface area contributed by atoms with Gasteiger partial charge >= 0.3 is 0 Å². The first-order valence-corrected chi connectivity index (χ1v) is 12.1. The quantitative estimate of drug-likeness (QED) is 0.442. The second kappa shape index (κ2) is 8.34. The Labute approximate surface area is 202 Å². The number of amides is 1. The molecule has 3 aromatic heterocycles. The maximum Gasteiger partial charge on any atom is 0.255 e. The average Bonchev–Trinajstić information content (AvgIpc) is 3.54. The minimum atomic E-state index is -0.677. The number of imidazole rings is 1. The van der Waals surface area contributed by atoms with Crippen molar-refractivity contribution in [2.24, 2.45) is 18.7 Å². The van der Waals surface area contributed by atoms with Gasteiger partial charge in [0.1, 0.15) is 17.9 Å². The van der Waals surface area contributed by atoms with Gasteiger partial charge in [-0.25, -0.2) is 14.4 Å². The predicted molar refractivity (Wildman–Crippen MR) is 132 cm³/mol. The van der Waals surface area contributed by atoms with Crippen molar-refractivity contribution in [1.82, 2.24) is 24.0 Å². The van der Waals surface area contributed by atoms with Crippen LogP contribution in [0.1, 0.15) is 28.9 Å². The van der Waals surface area contributed by atoms with E-state index in [1.54, 1.807) is 12.0 Å². The van der Waals surface area contributed by atoms with Crippen molar-refractivity contribution in [3.63, 3.8) is 0 Å². The molecule has 2 aliphatic rings. The molecular weight excluding hydrogens is 447 g/mol. The monoisotopic (exact) mass is 476 g/mol. The smallest absolute Gasteiger partial charge is 0.255 e. The Morgan fingerprint density at radius 3 is 2.83 bits per heavy atom. The molecule has 1 saturated carbocycles. The maximum absolute atomic E-state index is 13.1. The number of carbonyl (C=O) groups excluding carboxylic acids is 1. The third-order valence-corrected chi connectivity index (χ3v) is 7.18. The largest absolute Gasteiger partial charge is 0.495 e. The van der Waals surface area contributed by atoms with Gasteiger partial charge in [0.25, 0.3) is 5.91 Å². The number of hydrogen-bond donors (Lipinski definition) is 1. The number of pyridine rings is 1. The highest BCUT2D eigenvalue weighted by Gasteiger charge is 2.30. The summed E-state index contributed by atoms with van der Waals surface area (Å²) in [5, 5.41) is 1.11. The first-order valence-electron chi connectivity index (χ1n) is 12.1. The predicted octanol–water partition coefficient (Wildman–Crippen LogP) is 3.30. The molecule has 35 heavy (non-hydrogen) atoms. The minimum Gasteiger partial charge on any atom is -0.495 e. The van der Waals surface area contributed by atoms with Crippen molar-refractivity contribution in [1.29, 1.82) is 0 Å². The number of hydrogen-bond acceptors (Lipinski definition) is 5. The summed E-state index contributed by atoms with van der Waals surface area (Å²) in [6.07, 6.45) is 3.07. The van der Waals surface area contributed by atoms with Gasteiger partial charge in [-0.2, -0.15) is 0 Å². The van der Waals surface area contributed by atoms with Crippen LogP contribution in [0.25, 0.3) is 33.6 Å². The van der Waals surface area contributed by atoms with E-state index in [1.165, 1.54) is 12.8 Å². The molecule has 0 unspecified atom stereocenters. The summed E-state index contributed by atoms with van der Waals surface area (Å²) in [6.45, 7) is 0.938. The second-order valence-electron chi connectivity index (χ2n) is 9.72. The van der Waals surface area contributed by atoms with Gasteiger partial charge in [-0.05, 0) is 37.0 Å². The van der Waals surface area contributed by atoms with E-state index in [1.807, 2.05) is 29.8 Å². The van der Waals surface area contributed by atoms with Gasteiger partial charge in [-0.1, -0.05) is 12.1 Å². The minimum absolute atomic E-state index is 0.163. The number of rotatable bonds is 7. The van der Waals surface area contributed by atoms with Crippen LogP contribution >= 0.6 is 0 Å². The van der Waals surface area contributed by atoms with Gasteiger partial charge in [0.2, 0.25) is 0 Å². The number of fused-ring (bicyclic) bond motifs is 3. The summed E-state index contributed by atoms with van der Waals surface area (Å²) >= 11 is 0. The SMILES string of the molecule is COc1cccc2cc(-c3nc4cc5c(nc4n3C)CCN(C[C@H](N)CF)C5=O)n(CC3CC3)c12. The zero-order valence-electron chi connectivity index (χ0n) is 20.0. The number of halogens is 1. The number of carbonyl (C=O) groups is 1. The molecule has 1 amide bonds. The summed E-state index contributed by atoms with van der Waals surface area (Å²) < 4.78 is 22.9. The maximum atomic E-state index is 13.1. The number of alkyl halides is 1. The Morgan fingerprint density at radius 2 is 2.09 bits per heavy atom. The summed E-state index contributed by atoms with van der Waals surface area (Å²) in [5.74, 6) is 2.15. The molecule has 0 saturated heterocycles. The number of nitrogens with two attached hydrogens (primary N) is 1. The van der Waals surface area contributed by atoms with Crippen LogP contribution in [0.3, 0.4) is 0 Å². The fourth-order valence-corrected chi connectivity index (χ4v) is 5.16. The molecule has 8 nitrogen and oxygen atoms in total. The van der Waals surface area contributed by atoms with E-state index >= 15 is 0 Å². The van der Waals surface area contributed by atoms with Crippen molar-refractivity contribution in [3.05, 3.63) is 41.6 Å². The van der Waals surface area contributed by atoms with Gasteiger partial charge in [-0.15, -0.1) is 0 Å². The summed E-state index contributed by atoms with van der Waals surface area (Å²) in [4.78, 5) is 24.5. The third kappa shape index (κ3) is 3.65. The van der Waals surface area contributed by atoms with Crippen molar-refractivity contribution in [2.45, 2.75) is 31.8 Å². The van der Waals surface area contributed by atoms with Crippen LogP contribution in [0.15, 0.2) is 30.3 Å². The highest BCUT2D eigenvalue weighted by molar-refractivity contribution is 5.99. The Bertz CT molecular complexity index is 1450. The van der Waals surface area contributed by atoms with Crippen LogP contribution in [0.5, 0.6) is 5.75 Å². The molecule has 9 heteroatoms. The molecule has 1 fully saturated rings. The lowest BCUT2D eigenvalue weighted by Gasteiger charge is -2.29. The van der Waals surface area contributed by atoms with E-state index in [9.17, 15) is 9.18 Å². The summed E-state index contributed by atoms with van der Waals surface area (Å²) in [7, 11) is 3.67. The number of benzene rings is 1. The molecular formula is C26H29FN6O2. The van der Waals surface area contributed by atoms with E-state index in [-0.39, 0.29) is 12.5 Å². The lowest BCUT2D eigenvalue weighted by atomic mass is 10.0. The highest BCUT2D eigenvalue weighted by Crippen LogP contribution is 2.39. The van der Waals surface area contributed by atoms with Gasteiger partial charge in [0, 0.05) is 38.5 Å².